The fourth-order valence-corrected chi connectivity index (χ4v) is 3.33. The predicted molar refractivity (Wildman–Crippen MR) is 112 cm³/mol. The number of carbonyl (C=O) groups excluding carboxylic acids is 2. The Morgan fingerprint density at radius 1 is 1.17 bits per heavy atom. The van der Waals surface area contributed by atoms with Crippen molar-refractivity contribution in [3.05, 3.63) is 70.9 Å². The highest BCUT2D eigenvalue weighted by molar-refractivity contribution is 5.95. The first-order chi connectivity index (χ1) is 14.3. The van der Waals surface area contributed by atoms with Crippen molar-refractivity contribution < 1.29 is 24.5 Å². The van der Waals surface area contributed by atoms with Crippen LogP contribution in [0.15, 0.2) is 59.8 Å². The second-order valence-corrected chi connectivity index (χ2v) is 7.69. The van der Waals surface area contributed by atoms with Crippen molar-refractivity contribution in [2.24, 2.45) is 5.92 Å². The Balaban J connectivity index is 2.04. The number of nitrogens with one attached hydrogen (secondary N) is 1. The van der Waals surface area contributed by atoms with E-state index < -0.39 is 18.0 Å². The molecule has 1 aliphatic rings. The van der Waals surface area contributed by atoms with E-state index in [0.717, 1.165) is 5.56 Å². The van der Waals surface area contributed by atoms with E-state index in [9.17, 15) is 19.8 Å². The minimum atomic E-state index is -0.898. The Labute approximate surface area is 175 Å². The Hall–Kier alpha value is -3.48. The zero-order chi connectivity index (χ0) is 21.8. The average Bonchev–Trinajstić information content (AvgIpc) is 2.70. The lowest BCUT2D eigenvalue weighted by molar-refractivity contribution is -0.140. The molecule has 1 unspecified atom stereocenters. The molecule has 2 aromatic carbocycles. The zero-order valence-electron chi connectivity index (χ0n) is 17.3. The number of benzene rings is 2. The number of esters is 1. The fraction of sp³-hybridized carbons (Fsp3) is 0.304. The molecule has 1 heterocycles. The first-order valence-electron chi connectivity index (χ1n) is 9.79. The third-order valence-electron chi connectivity index (χ3n) is 4.87. The monoisotopic (exact) mass is 410 g/mol. The van der Waals surface area contributed by atoms with Gasteiger partial charge in [-0.2, -0.15) is 0 Å². The smallest absolute Gasteiger partial charge is 0.338 e. The number of ether oxygens (including phenoxy) is 1. The van der Waals surface area contributed by atoms with Gasteiger partial charge in [0.05, 0.1) is 24.8 Å². The number of aromatic hydroxyl groups is 2. The van der Waals surface area contributed by atoms with Crippen molar-refractivity contribution in [3.63, 3.8) is 0 Å². The summed E-state index contributed by atoms with van der Waals surface area (Å²) in [6, 6.07) is 12.2. The number of phenolic OH excluding ortho intramolecular Hbond substituents is 2. The van der Waals surface area contributed by atoms with Gasteiger partial charge in [-0.1, -0.05) is 44.2 Å². The summed E-state index contributed by atoms with van der Waals surface area (Å²) in [6.07, 6.45) is 0. The molecule has 0 radical (unpaired) electrons. The summed E-state index contributed by atoms with van der Waals surface area (Å²) < 4.78 is 5.46. The summed E-state index contributed by atoms with van der Waals surface area (Å²) in [4.78, 5) is 27.4. The summed E-state index contributed by atoms with van der Waals surface area (Å²) >= 11 is 0. The van der Waals surface area contributed by atoms with Crippen molar-refractivity contribution in [3.8, 4) is 11.5 Å². The molecule has 0 aromatic heterocycles. The quantitative estimate of drug-likeness (QED) is 0.629. The van der Waals surface area contributed by atoms with Gasteiger partial charge >= 0.3 is 12.0 Å². The highest BCUT2D eigenvalue weighted by atomic mass is 16.5. The average molecular weight is 410 g/mol. The van der Waals surface area contributed by atoms with Gasteiger partial charge in [-0.3, -0.25) is 4.90 Å². The molecular weight excluding hydrogens is 384 g/mol. The van der Waals surface area contributed by atoms with Crippen LogP contribution in [0.1, 0.15) is 37.9 Å². The van der Waals surface area contributed by atoms with Gasteiger partial charge in [-0.05, 0) is 30.5 Å². The van der Waals surface area contributed by atoms with Gasteiger partial charge in [0.15, 0.2) is 0 Å². The summed E-state index contributed by atoms with van der Waals surface area (Å²) in [5, 5.41) is 22.7. The molecule has 0 spiro atoms. The standard InChI is InChI=1S/C23H26N2O5/c1-14(2)13-30-22(28)20-15(3)25(12-16-7-5-4-6-8-16)23(29)24-21(20)18-10-9-17(26)11-19(18)27/h4-11,14,21,26-27H,12-13H2,1-3H3,(H,24,29). The van der Waals surface area contributed by atoms with Gasteiger partial charge in [-0.25, -0.2) is 9.59 Å². The SMILES string of the molecule is CC1=C(C(=O)OCC(C)C)C(c2ccc(O)cc2O)NC(=O)N1Cc1ccccc1. The van der Waals surface area contributed by atoms with Crippen molar-refractivity contribution in [2.45, 2.75) is 33.4 Å². The van der Waals surface area contributed by atoms with Crippen molar-refractivity contribution in [1.29, 1.82) is 0 Å². The minimum absolute atomic E-state index is 0.117. The number of phenols is 2. The molecule has 0 bridgehead atoms. The molecule has 1 aliphatic heterocycles. The molecule has 7 heteroatoms. The van der Waals surface area contributed by atoms with Crippen LogP contribution < -0.4 is 5.32 Å². The van der Waals surface area contributed by atoms with E-state index >= 15 is 0 Å². The van der Waals surface area contributed by atoms with Gasteiger partial charge in [0.1, 0.15) is 11.5 Å². The van der Waals surface area contributed by atoms with Gasteiger partial charge in [0.25, 0.3) is 0 Å². The van der Waals surface area contributed by atoms with Crippen molar-refractivity contribution >= 4 is 12.0 Å². The van der Waals surface area contributed by atoms with Crippen LogP contribution in [0.2, 0.25) is 0 Å². The van der Waals surface area contributed by atoms with Crippen LogP contribution in [0.3, 0.4) is 0 Å². The number of allylic oxidation sites excluding steroid dienone is 1. The first-order valence-corrected chi connectivity index (χ1v) is 9.79. The number of nitrogens with zero attached hydrogens (tertiary/aromatic N) is 1. The molecule has 3 N–H and O–H groups in total. The van der Waals surface area contributed by atoms with Crippen LogP contribution in [-0.4, -0.2) is 33.7 Å². The Morgan fingerprint density at radius 2 is 1.87 bits per heavy atom. The largest absolute Gasteiger partial charge is 0.508 e. The summed E-state index contributed by atoms with van der Waals surface area (Å²) in [6.45, 7) is 6.08. The van der Waals surface area contributed by atoms with Gasteiger partial charge < -0.3 is 20.3 Å². The molecule has 0 aliphatic carbocycles. The third-order valence-corrected chi connectivity index (χ3v) is 4.87. The number of rotatable bonds is 6. The summed E-state index contributed by atoms with van der Waals surface area (Å²) in [7, 11) is 0. The van der Waals surface area contributed by atoms with Gasteiger partial charge in [-0.15, -0.1) is 0 Å². The molecule has 3 rings (SSSR count). The number of carbonyl (C=O) groups is 2. The first kappa shape index (κ1) is 21.2. The fourth-order valence-electron chi connectivity index (χ4n) is 3.33. The van der Waals surface area contributed by atoms with E-state index in [2.05, 4.69) is 5.32 Å². The Morgan fingerprint density at radius 3 is 2.50 bits per heavy atom. The molecule has 1 atom stereocenters. The minimum Gasteiger partial charge on any atom is -0.508 e. The van der Waals surface area contributed by atoms with Crippen LogP contribution in [0, 0.1) is 5.92 Å². The van der Waals surface area contributed by atoms with Crippen LogP contribution >= 0.6 is 0 Å². The maximum absolute atomic E-state index is 13.0. The number of urea groups is 1. The molecule has 2 aromatic rings. The molecule has 30 heavy (non-hydrogen) atoms. The molecule has 2 amide bonds. The predicted octanol–water partition coefficient (Wildman–Crippen LogP) is 3.84. The Bertz CT molecular complexity index is 969. The molecular formula is C23H26N2O5. The lowest BCUT2D eigenvalue weighted by Crippen LogP contribution is -2.47. The van der Waals surface area contributed by atoms with Crippen LogP contribution in [0.5, 0.6) is 11.5 Å². The second kappa shape index (κ2) is 8.90. The van der Waals surface area contributed by atoms with Gasteiger partial charge in [0, 0.05) is 17.3 Å². The number of hydrogen-bond acceptors (Lipinski definition) is 5. The van der Waals surface area contributed by atoms with E-state index in [0.29, 0.717) is 11.3 Å². The van der Waals surface area contributed by atoms with E-state index in [4.69, 9.17) is 4.74 Å². The zero-order valence-corrected chi connectivity index (χ0v) is 17.3. The Kier molecular flexibility index (Phi) is 6.30. The maximum Gasteiger partial charge on any atom is 0.338 e. The van der Waals surface area contributed by atoms with E-state index in [-0.39, 0.29) is 36.1 Å². The second-order valence-electron chi connectivity index (χ2n) is 7.69. The number of hydrogen-bond donors (Lipinski definition) is 3. The normalized spacial score (nSPS) is 16.6. The van der Waals surface area contributed by atoms with Crippen LogP contribution in [-0.2, 0) is 16.1 Å². The topological polar surface area (TPSA) is 99.1 Å². The maximum atomic E-state index is 13.0. The van der Waals surface area contributed by atoms with E-state index in [1.54, 1.807) is 6.92 Å². The summed E-state index contributed by atoms with van der Waals surface area (Å²) in [5.74, 6) is -0.752. The van der Waals surface area contributed by atoms with Crippen molar-refractivity contribution in [1.82, 2.24) is 10.2 Å². The molecule has 158 valence electrons. The molecule has 0 saturated carbocycles. The van der Waals surface area contributed by atoms with Crippen LogP contribution in [0.25, 0.3) is 0 Å². The van der Waals surface area contributed by atoms with Crippen molar-refractivity contribution in [2.75, 3.05) is 6.61 Å². The molecule has 0 fully saturated rings. The van der Waals surface area contributed by atoms with Gasteiger partial charge in [0.2, 0.25) is 0 Å². The van der Waals surface area contributed by atoms with Crippen LogP contribution in [0.4, 0.5) is 4.79 Å². The van der Waals surface area contributed by atoms with E-state index in [1.165, 1.54) is 23.1 Å². The molecule has 0 saturated heterocycles. The highest BCUT2D eigenvalue weighted by Gasteiger charge is 2.37. The summed E-state index contributed by atoms with van der Waals surface area (Å²) in [5.41, 5.74) is 1.91. The number of amides is 2. The third kappa shape index (κ3) is 4.56. The lowest BCUT2D eigenvalue weighted by Gasteiger charge is -2.35. The highest BCUT2D eigenvalue weighted by Crippen LogP contribution is 2.37. The molecule has 7 nitrogen and oxygen atoms in total. The lowest BCUT2D eigenvalue weighted by atomic mass is 9.93. The van der Waals surface area contributed by atoms with E-state index in [1.807, 2.05) is 44.2 Å².